The monoisotopic (exact) mass is 423 g/mol. The average Bonchev–Trinajstić information content (AvgIpc) is 2.74. The van der Waals surface area contributed by atoms with Crippen LogP contribution in [0.5, 0.6) is 0 Å². The van der Waals surface area contributed by atoms with Gasteiger partial charge >= 0.3 is 0 Å². The molecule has 1 atom stereocenters. The Morgan fingerprint density at radius 2 is 1.97 bits per heavy atom. The van der Waals surface area contributed by atoms with Gasteiger partial charge in [0.05, 0.1) is 4.90 Å². The lowest BCUT2D eigenvalue weighted by Crippen LogP contribution is -2.13. The lowest BCUT2D eigenvalue weighted by molar-refractivity contribution is 0.684. The van der Waals surface area contributed by atoms with E-state index in [9.17, 15) is 4.21 Å². The predicted octanol–water partition coefficient (Wildman–Crippen LogP) is 3.30. The fourth-order valence-electron chi connectivity index (χ4n) is 2.96. The summed E-state index contributed by atoms with van der Waals surface area (Å²) >= 11 is 0. The smallest absolute Gasteiger partial charge is 0.229 e. The van der Waals surface area contributed by atoms with Crippen molar-refractivity contribution in [3.8, 4) is 0 Å². The molecule has 1 unspecified atom stereocenters. The maximum Gasteiger partial charge on any atom is 0.229 e. The Bertz CT molecular complexity index is 1130. The topological polar surface area (TPSA) is 123 Å². The van der Waals surface area contributed by atoms with Crippen molar-refractivity contribution >= 4 is 45.5 Å². The fraction of sp³-hybridized carbons (Fsp3) is 0.190. The van der Waals surface area contributed by atoms with E-state index in [4.69, 9.17) is 10.9 Å². The minimum atomic E-state index is -1.56. The average molecular weight is 424 g/mol. The molecule has 1 heterocycles. The van der Waals surface area contributed by atoms with E-state index in [-0.39, 0.29) is 0 Å². The summed E-state index contributed by atoms with van der Waals surface area (Å²) in [5, 5.41) is 8.68. The molecule has 3 aromatic rings. The number of aromatic nitrogens is 2. The van der Waals surface area contributed by atoms with Crippen LogP contribution in [0, 0.1) is 6.92 Å². The number of hydrogen-bond donors (Lipinski definition) is 3. The van der Waals surface area contributed by atoms with Crippen LogP contribution in [-0.2, 0) is 11.0 Å². The molecule has 30 heavy (non-hydrogen) atoms. The second-order valence-corrected chi connectivity index (χ2v) is 7.82. The number of nitrogens with two attached hydrogens (primary N) is 2. The number of hydrogen-bond acceptors (Lipinski definition) is 7. The molecule has 156 valence electrons. The van der Waals surface area contributed by atoms with Crippen molar-refractivity contribution in [2.75, 3.05) is 30.0 Å². The van der Waals surface area contributed by atoms with E-state index >= 15 is 0 Å². The molecule has 0 bridgehead atoms. The van der Waals surface area contributed by atoms with Crippen LogP contribution in [0.1, 0.15) is 18.1 Å². The number of nitrogens with zero attached hydrogens (tertiary/aromatic N) is 4. The van der Waals surface area contributed by atoms with E-state index < -0.39 is 11.0 Å². The zero-order chi connectivity index (χ0) is 21.8. The van der Waals surface area contributed by atoms with Crippen molar-refractivity contribution < 1.29 is 4.21 Å². The molecule has 1 aromatic heterocycles. The van der Waals surface area contributed by atoms with Crippen LogP contribution in [0.15, 0.2) is 58.5 Å². The van der Waals surface area contributed by atoms with Crippen LogP contribution in [0.2, 0.25) is 0 Å². The molecule has 2 aromatic carbocycles. The highest BCUT2D eigenvalue weighted by Gasteiger charge is 2.11. The predicted molar refractivity (Wildman–Crippen MR) is 124 cm³/mol. The van der Waals surface area contributed by atoms with Crippen molar-refractivity contribution in [1.29, 1.82) is 0 Å². The van der Waals surface area contributed by atoms with Crippen molar-refractivity contribution in [1.82, 2.24) is 9.97 Å². The first-order chi connectivity index (χ1) is 14.3. The molecular formula is C21H25N7OS. The van der Waals surface area contributed by atoms with Gasteiger partial charge in [0.2, 0.25) is 5.95 Å². The van der Waals surface area contributed by atoms with Gasteiger partial charge < -0.3 is 16.0 Å². The van der Waals surface area contributed by atoms with E-state index in [2.05, 4.69) is 20.3 Å². The third-order valence-electron chi connectivity index (χ3n) is 4.79. The molecule has 0 saturated carbocycles. The van der Waals surface area contributed by atoms with Crippen molar-refractivity contribution in [2.45, 2.75) is 18.7 Å². The second-order valence-electron chi connectivity index (χ2n) is 6.78. The Kier molecular flexibility index (Phi) is 6.43. The molecule has 5 N–H and O–H groups in total. The Balaban J connectivity index is 1.86. The maximum atomic E-state index is 11.7. The molecule has 0 aliphatic heterocycles. The summed E-state index contributed by atoms with van der Waals surface area (Å²) < 4.78 is 11.7. The Labute approximate surface area is 178 Å². The van der Waals surface area contributed by atoms with Gasteiger partial charge in [0.25, 0.3) is 0 Å². The molecule has 8 nitrogen and oxygen atoms in total. The van der Waals surface area contributed by atoms with Crippen LogP contribution in [0.4, 0.5) is 28.8 Å². The van der Waals surface area contributed by atoms with Crippen LogP contribution in [0.25, 0.3) is 0 Å². The number of nitrogens with one attached hydrogen (secondary N) is 1. The minimum Gasteiger partial charge on any atom is -0.398 e. The summed E-state index contributed by atoms with van der Waals surface area (Å²) in [6.45, 7) is 3.79. The standard InChI is InChI=1S/C21H25N7OS/c1-13-5-6-15(11-19(13)30(23)29)26-21-25-10-9-20(27-21)28(4)16-7-8-17(14(2)24-3)18(22)12-16/h5-12H,22-23H2,1-4H3,(H,25,26,27). The molecular weight excluding hydrogens is 398 g/mol. The molecule has 0 aliphatic carbocycles. The highest BCUT2D eigenvalue weighted by molar-refractivity contribution is 7.82. The van der Waals surface area contributed by atoms with Crippen LogP contribution in [-0.4, -0.2) is 34.0 Å². The first-order valence-corrected chi connectivity index (χ1v) is 10.5. The first-order valence-electron chi connectivity index (χ1n) is 9.24. The molecule has 0 fully saturated rings. The zero-order valence-corrected chi connectivity index (χ0v) is 18.2. The third kappa shape index (κ3) is 4.64. The largest absolute Gasteiger partial charge is 0.398 e. The van der Waals surface area contributed by atoms with Gasteiger partial charge in [-0.2, -0.15) is 4.98 Å². The number of anilines is 5. The molecule has 0 aliphatic rings. The summed E-state index contributed by atoms with van der Waals surface area (Å²) in [4.78, 5) is 15.5. The summed E-state index contributed by atoms with van der Waals surface area (Å²) in [7, 11) is 2.08. The highest BCUT2D eigenvalue weighted by atomic mass is 32.2. The van der Waals surface area contributed by atoms with Crippen molar-refractivity contribution in [2.24, 2.45) is 10.1 Å². The summed E-state index contributed by atoms with van der Waals surface area (Å²) in [5.41, 5.74) is 11.1. The molecule has 3 rings (SSSR count). The maximum absolute atomic E-state index is 11.7. The Morgan fingerprint density at radius 1 is 1.20 bits per heavy atom. The highest BCUT2D eigenvalue weighted by Crippen LogP contribution is 2.27. The molecule has 0 spiro atoms. The van der Waals surface area contributed by atoms with E-state index in [1.807, 2.05) is 62.2 Å². The Morgan fingerprint density at radius 3 is 2.63 bits per heavy atom. The molecule has 9 heteroatoms. The number of aryl methyl sites for hydroxylation is 1. The molecule has 0 amide bonds. The third-order valence-corrected chi connectivity index (χ3v) is 5.67. The lowest BCUT2D eigenvalue weighted by Gasteiger charge is -2.20. The fourth-order valence-corrected chi connectivity index (χ4v) is 3.59. The van der Waals surface area contributed by atoms with Gasteiger partial charge in [0.1, 0.15) is 16.8 Å². The van der Waals surface area contributed by atoms with E-state index in [0.29, 0.717) is 28.0 Å². The number of nitrogen functional groups attached to an aromatic ring is 1. The van der Waals surface area contributed by atoms with Gasteiger partial charge in [-0.25, -0.2) is 14.3 Å². The minimum absolute atomic E-state index is 0.413. The SMILES string of the molecule is CN=C(C)c1ccc(N(C)c2ccnc(Nc3ccc(C)c(S(N)=O)c3)n2)cc1N. The van der Waals surface area contributed by atoms with Crippen LogP contribution in [0.3, 0.4) is 0 Å². The van der Waals surface area contributed by atoms with Crippen molar-refractivity contribution in [3.05, 3.63) is 59.8 Å². The number of rotatable bonds is 6. The van der Waals surface area contributed by atoms with E-state index in [0.717, 1.165) is 22.5 Å². The summed E-state index contributed by atoms with van der Waals surface area (Å²) in [6.07, 6.45) is 1.67. The van der Waals surface area contributed by atoms with E-state index in [1.165, 1.54) is 0 Å². The van der Waals surface area contributed by atoms with Gasteiger partial charge in [0, 0.05) is 48.6 Å². The van der Waals surface area contributed by atoms with E-state index in [1.54, 1.807) is 19.3 Å². The van der Waals surface area contributed by atoms with Gasteiger partial charge in [-0.1, -0.05) is 6.07 Å². The Hall–Kier alpha value is -3.30. The van der Waals surface area contributed by atoms with Crippen LogP contribution >= 0.6 is 0 Å². The normalized spacial score (nSPS) is 12.5. The van der Waals surface area contributed by atoms with Crippen LogP contribution < -0.4 is 21.1 Å². The number of benzene rings is 2. The summed E-state index contributed by atoms with van der Waals surface area (Å²) in [6, 6.07) is 13.1. The quantitative estimate of drug-likeness (QED) is 0.413. The number of aliphatic imine (C=N–C) groups is 1. The lowest BCUT2D eigenvalue weighted by atomic mass is 10.1. The summed E-state index contributed by atoms with van der Waals surface area (Å²) in [5.74, 6) is 1.10. The van der Waals surface area contributed by atoms with Gasteiger partial charge in [-0.15, -0.1) is 0 Å². The van der Waals surface area contributed by atoms with Gasteiger partial charge in [-0.3, -0.25) is 4.99 Å². The van der Waals surface area contributed by atoms with Gasteiger partial charge in [-0.05, 0) is 55.8 Å². The second kappa shape index (κ2) is 9.02. The molecule has 0 radical (unpaired) electrons. The van der Waals surface area contributed by atoms with Crippen molar-refractivity contribution in [3.63, 3.8) is 0 Å². The van der Waals surface area contributed by atoms with Gasteiger partial charge in [0.15, 0.2) is 0 Å². The zero-order valence-electron chi connectivity index (χ0n) is 17.4. The first kappa shape index (κ1) is 21.4. The molecule has 0 saturated heterocycles.